The maximum Gasteiger partial charge on any atom is 0.231 e. The Morgan fingerprint density at radius 3 is 3.15 bits per heavy atom. The van der Waals surface area contributed by atoms with E-state index in [0.29, 0.717) is 13.4 Å². The molecule has 0 radical (unpaired) electrons. The summed E-state index contributed by atoms with van der Waals surface area (Å²) in [6, 6.07) is 5.90. The SMILES string of the molecule is COCCNCc1nc(-c2ccc3c(c2)OCO3)cs1. The molecule has 0 saturated carbocycles. The van der Waals surface area contributed by atoms with Gasteiger partial charge in [-0.05, 0) is 18.2 Å². The van der Waals surface area contributed by atoms with Crippen LogP contribution in [0.3, 0.4) is 0 Å². The van der Waals surface area contributed by atoms with Crippen molar-refractivity contribution < 1.29 is 14.2 Å². The molecule has 0 fully saturated rings. The summed E-state index contributed by atoms with van der Waals surface area (Å²) < 4.78 is 15.7. The number of hydrogen-bond donors (Lipinski definition) is 1. The Hall–Kier alpha value is -1.63. The number of thiazole rings is 1. The van der Waals surface area contributed by atoms with Gasteiger partial charge in [0.15, 0.2) is 11.5 Å². The number of hydrogen-bond acceptors (Lipinski definition) is 6. The molecule has 2 heterocycles. The van der Waals surface area contributed by atoms with Crippen molar-refractivity contribution in [3.05, 3.63) is 28.6 Å². The molecular formula is C14H16N2O3S. The van der Waals surface area contributed by atoms with Crippen molar-refractivity contribution in [3.8, 4) is 22.8 Å². The third kappa shape index (κ3) is 2.92. The highest BCUT2D eigenvalue weighted by atomic mass is 32.1. The molecule has 0 saturated heterocycles. The second kappa shape index (κ2) is 6.21. The van der Waals surface area contributed by atoms with E-state index in [2.05, 4.69) is 15.7 Å². The summed E-state index contributed by atoms with van der Waals surface area (Å²) in [5.41, 5.74) is 2.02. The Morgan fingerprint density at radius 1 is 1.35 bits per heavy atom. The number of aromatic nitrogens is 1. The van der Waals surface area contributed by atoms with Gasteiger partial charge in [0.2, 0.25) is 6.79 Å². The lowest BCUT2D eigenvalue weighted by molar-refractivity contribution is 0.174. The fraction of sp³-hybridized carbons (Fsp3) is 0.357. The maximum atomic E-state index is 5.39. The monoisotopic (exact) mass is 292 g/mol. The van der Waals surface area contributed by atoms with E-state index in [1.54, 1.807) is 18.4 Å². The summed E-state index contributed by atoms with van der Waals surface area (Å²) in [6.45, 7) is 2.60. The second-order valence-electron chi connectivity index (χ2n) is 4.36. The van der Waals surface area contributed by atoms with E-state index in [0.717, 1.165) is 40.9 Å². The van der Waals surface area contributed by atoms with Gasteiger partial charge < -0.3 is 19.5 Å². The summed E-state index contributed by atoms with van der Waals surface area (Å²) >= 11 is 1.65. The first-order valence-corrected chi connectivity index (χ1v) is 7.29. The third-order valence-corrected chi connectivity index (χ3v) is 3.83. The van der Waals surface area contributed by atoms with Crippen molar-refractivity contribution in [2.75, 3.05) is 27.1 Å². The van der Waals surface area contributed by atoms with Gasteiger partial charge in [-0.3, -0.25) is 0 Å². The van der Waals surface area contributed by atoms with E-state index in [9.17, 15) is 0 Å². The molecule has 106 valence electrons. The lowest BCUT2D eigenvalue weighted by atomic mass is 10.1. The standard InChI is InChI=1S/C14H16N2O3S/c1-17-5-4-15-7-14-16-11(8-20-14)10-2-3-12-13(6-10)19-9-18-12/h2-3,6,8,15H,4-5,7,9H2,1H3. The predicted octanol–water partition coefficient (Wildman–Crippen LogP) is 2.27. The quantitative estimate of drug-likeness (QED) is 0.828. The first-order chi connectivity index (χ1) is 9.86. The molecule has 1 N–H and O–H groups in total. The van der Waals surface area contributed by atoms with Crippen LogP contribution in [0.5, 0.6) is 11.5 Å². The Morgan fingerprint density at radius 2 is 2.25 bits per heavy atom. The molecule has 1 aliphatic heterocycles. The van der Waals surface area contributed by atoms with E-state index in [-0.39, 0.29) is 0 Å². The molecule has 0 atom stereocenters. The summed E-state index contributed by atoms with van der Waals surface area (Å²) in [6.07, 6.45) is 0. The van der Waals surface area contributed by atoms with Crippen molar-refractivity contribution >= 4 is 11.3 Å². The predicted molar refractivity (Wildman–Crippen MR) is 77.3 cm³/mol. The molecule has 1 aliphatic rings. The zero-order chi connectivity index (χ0) is 13.8. The minimum atomic E-state index is 0.296. The Kier molecular flexibility index (Phi) is 4.15. The Labute approximate surface area is 121 Å². The van der Waals surface area contributed by atoms with Gasteiger partial charge in [0.1, 0.15) is 5.01 Å². The highest BCUT2D eigenvalue weighted by molar-refractivity contribution is 7.09. The molecule has 5 nitrogen and oxygen atoms in total. The Bertz CT molecular complexity index is 586. The molecular weight excluding hydrogens is 276 g/mol. The minimum absolute atomic E-state index is 0.296. The van der Waals surface area contributed by atoms with Crippen molar-refractivity contribution in [1.29, 1.82) is 0 Å². The van der Waals surface area contributed by atoms with Crippen LogP contribution >= 0.6 is 11.3 Å². The van der Waals surface area contributed by atoms with Crippen LogP contribution in [0.2, 0.25) is 0 Å². The molecule has 0 unspecified atom stereocenters. The number of ether oxygens (including phenoxy) is 3. The van der Waals surface area contributed by atoms with Gasteiger partial charge in [0, 0.05) is 31.1 Å². The van der Waals surface area contributed by atoms with Crippen LogP contribution in [-0.4, -0.2) is 32.0 Å². The average molecular weight is 292 g/mol. The second-order valence-corrected chi connectivity index (χ2v) is 5.31. The van der Waals surface area contributed by atoms with Crippen LogP contribution in [0.1, 0.15) is 5.01 Å². The normalized spacial score (nSPS) is 12.8. The molecule has 0 amide bonds. The molecule has 6 heteroatoms. The van der Waals surface area contributed by atoms with Gasteiger partial charge in [-0.25, -0.2) is 4.98 Å². The first-order valence-electron chi connectivity index (χ1n) is 6.41. The lowest BCUT2D eigenvalue weighted by Crippen LogP contribution is -2.18. The van der Waals surface area contributed by atoms with E-state index < -0.39 is 0 Å². The van der Waals surface area contributed by atoms with E-state index in [4.69, 9.17) is 14.2 Å². The van der Waals surface area contributed by atoms with Gasteiger partial charge in [-0.1, -0.05) is 0 Å². The fourth-order valence-corrected chi connectivity index (χ4v) is 2.72. The average Bonchev–Trinajstić information content (AvgIpc) is 3.11. The molecule has 1 aromatic carbocycles. The molecule has 1 aromatic heterocycles. The summed E-state index contributed by atoms with van der Waals surface area (Å²) in [5.74, 6) is 1.58. The first kappa shape index (κ1) is 13.4. The number of benzene rings is 1. The summed E-state index contributed by atoms with van der Waals surface area (Å²) in [4.78, 5) is 4.62. The zero-order valence-corrected chi connectivity index (χ0v) is 12.0. The summed E-state index contributed by atoms with van der Waals surface area (Å²) in [5, 5.41) is 6.41. The molecule has 2 aromatic rings. The van der Waals surface area contributed by atoms with E-state index in [1.165, 1.54) is 0 Å². The number of fused-ring (bicyclic) bond motifs is 1. The van der Waals surface area contributed by atoms with Crippen LogP contribution in [0.15, 0.2) is 23.6 Å². The number of nitrogens with zero attached hydrogens (tertiary/aromatic N) is 1. The Balaban J connectivity index is 1.67. The summed E-state index contributed by atoms with van der Waals surface area (Å²) in [7, 11) is 1.70. The van der Waals surface area contributed by atoms with Gasteiger partial charge in [-0.2, -0.15) is 0 Å². The fourth-order valence-electron chi connectivity index (χ4n) is 1.95. The van der Waals surface area contributed by atoms with Crippen LogP contribution < -0.4 is 14.8 Å². The van der Waals surface area contributed by atoms with Crippen LogP contribution in [-0.2, 0) is 11.3 Å². The minimum Gasteiger partial charge on any atom is -0.454 e. The van der Waals surface area contributed by atoms with E-state index in [1.807, 2.05) is 18.2 Å². The molecule has 0 bridgehead atoms. The largest absolute Gasteiger partial charge is 0.454 e. The van der Waals surface area contributed by atoms with E-state index >= 15 is 0 Å². The van der Waals surface area contributed by atoms with Gasteiger partial charge in [-0.15, -0.1) is 11.3 Å². The molecule has 0 aliphatic carbocycles. The molecule has 3 rings (SSSR count). The highest BCUT2D eigenvalue weighted by Crippen LogP contribution is 2.36. The molecule has 0 spiro atoms. The maximum absolute atomic E-state index is 5.39. The van der Waals surface area contributed by atoms with Gasteiger partial charge >= 0.3 is 0 Å². The number of methoxy groups -OCH3 is 1. The number of nitrogens with one attached hydrogen (secondary N) is 1. The van der Waals surface area contributed by atoms with Crippen LogP contribution in [0.4, 0.5) is 0 Å². The molecule has 20 heavy (non-hydrogen) atoms. The van der Waals surface area contributed by atoms with Gasteiger partial charge in [0.25, 0.3) is 0 Å². The van der Waals surface area contributed by atoms with Crippen molar-refractivity contribution in [2.24, 2.45) is 0 Å². The van der Waals surface area contributed by atoms with Gasteiger partial charge in [0.05, 0.1) is 12.3 Å². The van der Waals surface area contributed by atoms with Crippen LogP contribution in [0.25, 0.3) is 11.3 Å². The smallest absolute Gasteiger partial charge is 0.231 e. The van der Waals surface area contributed by atoms with Crippen molar-refractivity contribution in [1.82, 2.24) is 10.3 Å². The zero-order valence-electron chi connectivity index (χ0n) is 11.2. The highest BCUT2D eigenvalue weighted by Gasteiger charge is 2.14. The lowest BCUT2D eigenvalue weighted by Gasteiger charge is -2.01. The van der Waals surface area contributed by atoms with Crippen molar-refractivity contribution in [3.63, 3.8) is 0 Å². The number of rotatable bonds is 6. The topological polar surface area (TPSA) is 52.6 Å². The third-order valence-electron chi connectivity index (χ3n) is 2.98. The van der Waals surface area contributed by atoms with Crippen molar-refractivity contribution in [2.45, 2.75) is 6.54 Å². The van der Waals surface area contributed by atoms with Crippen LogP contribution in [0, 0.1) is 0 Å².